The molecule has 20 heavy (non-hydrogen) atoms. The zero-order valence-corrected chi connectivity index (χ0v) is 12.4. The summed E-state index contributed by atoms with van der Waals surface area (Å²) in [7, 11) is 0. The van der Waals surface area contributed by atoms with Crippen LogP contribution < -0.4 is 5.73 Å². The molecule has 3 nitrogen and oxygen atoms in total. The maximum atomic E-state index is 12.0. The molecule has 1 aliphatic carbocycles. The van der Waals surface area contributed by atoms with E-state index in [1.165, 1.54) is 0 Å². The fourth-order valence-corrected chi connectivity index (χ4v) is 2.65. The van der Waals surface area contributed by atoms with Crippen molar-refractivity contribution in [3.8, 4) is 0 Å². The van der Waals surface area contributed by atoms with Gasteiger partial charge in [-0.05, 0) is 55.7 Å². The van der Waals surface area contributed by atoms with Gasteiger partial charge in [0.15, 0.2) is 0 Å². The zero-order valence-electron chi connectivity index (χ0n) is 11.7. The van der Waals surface area contributed by atoms with Crippen molar-refractivity contribution in [2.24, 2.45) is 5.73 Å². The normalized spacial score (nSPS) is 21.3. The largest absolute Gasteiger partial charge is 0.462 e. The Morgan fingerprint density at radius 2 is 2.15 bits per heavy atom. The van der Waals surface area contributed by atoms with E-state index < -0.39 is 0 Å². The van der Waals surface area contributed by atoms with Crippen molar-refractivity contribution in [3.63, 3.8) is 0 Å². The van der Waals surface area contributed by atoms with E-state index in [1.54, 1.807) is 6.07 Å². The maximum absolute atomic E-state index is 12.0. The predicted molar refractivity (Wildman–Crippen MR) is 81.2 cm³/mol. The lowest BCUT2D eigenvalue weighted by Crippen LogP contribution is -2.37. The average Bonchev–Trinajstić information content (AvgIpc) is 2.45. The number of esters is 1. The molecule has 2 unspecified atom stereocenters. The molecule has 2 atom stereocenters. The Bertz CT molecular complexity index is 450. The van der Waals surface area contributed by atoms with Gasteiger partial charge in [0.1, 0.15) is 0 Å². The highest BCUT2D eigenvalue weighted by Gasteiger charge is 2.29. The van der Waals surface area contributed by atoms with Crippen LogP contribution in [-0.4, -0.2) is 24.5 Å². The third-order valence-corrected chi connectivity index (χ3v) is 4.16. The molecule has 0 aliphatic heterocycles. The van der Waals surface area contributed by atoms with Gasteiger partial charge in [-0.2, -0.15) is 0 Å². The highest BCUT2D eigenvalue weighted by atomic mass is 35.5. The first-order chi connectivity index (χ1) is 9.72. The van der Waals surface area contributed by atoms with E-state index in [2.05, 4.69) is 0 Å². The minimum Gasteiger partial charge on any atom is -0.462 e. The first-order valence-electron chi connectivity index (χ1n) is 7.31. The van der Waals surface area contributed by atoms with Crippen molar-refractivity contribution in [2.45, 2.75) is 44.1 Å². The number of ether oxygens (including phenoxy) is 1. The highest BCUT2D eigenvalue weighted by molar-refractivity contribution is 6.17. The second-order valence-electron chi connectivity index (χ2n) is 5.36. The Kier molecular flexibility index (Phi) is 5.86. The first kappa shape index (κ1) is 15.3. The molecule has 0 spiro atoms. The topological polar surface area (TPSA) is 52.3 Å². The molecule has 110 valence electrons. The zero-order chi connectivity index (χ0) is 14.4. The van der Waals surface area contributed by atoms with Crippen molar-refractivity contribution in [2.75, 3.05) is 12.5 Å². The van der Waals surface area contributed by atoms with Gasteiger partial charge in [-0.3, -0.25) is 0 Å². The number of benzene rings is 1. The van der Waals surface area contributed by atoms with E-state index in [-0.39, 0.29) is 12.0 Å². The minimum absolute atomic E-state index is 0.233. The van der Waals surface area contributed by atoms with Crippen LogP contribution >= 0.6 is 11.6 Å². The van der Waals surface area contributed by atoms with E-state index in [4.69, 9.17) is 22.1 Å². The van der Waals surface area contributed by atoms with E-state index in [0.29, 0.717) is 24.0 Å². The van der Waals surface area contributed by atoms with Crippen LogP contribution in [0.5, 0.6) is 0 Å². The summed E-state index contributed by atoms with van der Waals surface area (Å²) in [4.78, 5) is 12.0. The summed E-state index contributed by atoms with van der Waals surface area (Å²) in [6, 6.07) is 7.90. The molecule has 1 saturated carbocycles. The third kappa shape index (κ3) is 3.97. The summed E-state index contributed by atoms with van der Waals surface area (Å²) in [6.07, 6.45) is 5.01. The van der Waals surface area contributed by atoms with Crippen molar-refractivity contribution >= 4 is 17.6 Å². The lowest BCUT2D eigenvalue weighted by molar-refractivity contribution is 0.0498. The Morgan fingerprint density at radius 3 is 2.80 bits per heavy atom. The highest BCUT2D eigenvalue weighted by Crippen LogP contribution is 2.35. The van der Waals surface area contributed by atoms with Crippen LogP contribution in [0.3, 0.4) is 0 Å². The lowest BCUT2D eigenvalue weighted by atomic mass is 9.75. The summed E-state index contributed by atoms with van der Waals surface area (Å²) in [6.45, 7) is 0.461. The van der Waals surface area contributed by atoms with Crippen LogP contribution in [0.15, 0.2) is 24.3 Å². The van der Waals surface area contributed by atoms with Gasteiger partial charge in [0.2, 0.25) is 0 Å². The molecule has 0 saturated heterocycles. The van der Waals surface area contributed by atoms with E-state index in [9.17, 15) is 4.79 Å². The van der Waals surface area contributed by atoms with E-state index in [1.807, 2.05) is 18.2 Å². The van der Waals surface area contributed by atoms with Crippen LogP contribution in [0, 0.1) is 0 Å². The van der Waals surface area contributed by atoms with Crippen molar-refractivity contribution in [3.05, 3.63) is 35.4 Å². The van der Waals surface area contributed by atoms with Gasteiger partial charge in [0, 0.05) is 11.9 Å². The number of rotatable bonds is 7. The van der Waals surface area contributed by atoms with Gasteiger partial charge in [0.05, 0.1) is 12.2 Å². The fraction of sp³-hybridized carbons (Fsp3) is 0.562. The average molecular weight is 296 g/mol. The van der Waals surface area contributed by atoms with Gasteiger partial charge in [0.25, 0.3) is 0 Å². The smallest absolute Gasteiger partial charge is 0.338 e. The van der Waals surface area contributed by atoms with Crippen LogP contribution in [0.25, 0.3) is 0 Å². The molecule has 0 aromatic heterocycles. The number of hydrogen-bond acceptors (Lipinski definition) is 3. The van der Waals surface area contributed by atoms with Gasteiger partial charge in [-0.15, -0.1) is 11.6 Å². The number of nitrogens with two attached hydrogens (primary N) is 1. The first-order valence-corrected chi connectivity index (χ1v) is 7.84. The number of carbonyl (C=O) groups is 1. The van der Waals surface area contributed by atoms with Crippen LogP contribution in [-0.2, 0) is 4.74 Å². The van der Waals surface area contributed by atoms with Gasteiger partial charge in [-0.1, -0.05) is 12.1 Å². The standard InChI is InChI=1S/C16H22ClNO2/c17-9-2-1-3-10-20-16(19)13-6-4-5-12(11-13)14-7-8-15(14)18/h4-6,11,14-15H,1-3,7-10,18H2. The molecule has 4 heteroatoms. The van der Waals surface area contributed by atoms with Crippen molar-refractivity contribution in [1.29, 1.82) is 0 Å². The quantitative estimate of drug-likeness (QED) is 0.476. The Labute approximate surface area is 125 Å². The second-order valence-corrected chi connectivity index (χ2v) is 5.74. The summed E-state index contributed by atoms with van der Waals surface area (Å²) >= 11 is 5.60. The number of carbonyl (C=O) groups excluding carboxylic acids is 1. The number of alkyl halides is 1. The number of hydrogen-bond donors (Lipinski definition) is 1. The monoisotopic (exact) mass is 295 g/mol. The van der Waals surface area contributed by atoms with Crippen molar-refractivity contribution in [1.82, 2.24) is 0 Å². The van der Waals surface area contributed by atoms with Crippen LogP contribution in [0.2, 0.25) is 0 Å². The van der Waals surface area contributed by atoms with E-state index in [0.717, 1.165) is 37.7 Å². The predicted octanol–water partition coefficient (Wildman–Crippen LogP) is 3.46. The Balaban J connectivity index is 1.85. The molecule has 0 heterocycles. The molecule has 2 N–H and O–H groups in total. The van der Waals surface area contributed by atoms with Gasteiger partial charge < -0.3 is 10.5 Å². The molecular weight excluding hydrogens is 274 g/mol. The molecule has 0 amide bonds. The van der Waals surface area contributed by atoms with Crippen LogP contribution in [0.4, 0.5) is 0 Å². The van der Waals surface area contributed by atoms with Gasteiger partial charge >= 0.3 is 5.97 Å². The molecule has 1 aromatic rings. The third-order valence-electron chi connectivity index (χ3n) is 3.89. The lowest BCUT2D eigenvalue weighted by Gasteiger charge is -2.34. The molecule has 2 rings (SSSR count). The van der Waals surface area contributed by atoms with Crippen molar-refractivity contribution < 1.29 is 9.53 Å². The molecule has 1 fully saturated rings. The Hall–Kier alpha value is -1.06. The number of unbranched alkanes of at least 4 members (excludes halogenated alkanes) is 2. The minimum atomic E-state index is -0.245. The maximum Gasteiger partial charge on any atom is 0.338 e. The summed E-state index contributed by atoms with van der Waals surface area (Å²) in [5, 5.41) is 0. The molecule has 1 aromatic carbocycles. The summed E-state index contributed by atoms with van der Waals surface area (Å²) < 4.78 is 5.27. The molecule has 0 bridgehead atoms. The molecule has 0 radical (unpaired) electrons. The summed E-state index contributed by atoms with van der Waals surface area (Å²) in [5.41, 5.74) is 7.76. The SMILES string of the molecule is NC1CCC1c1cccc(C(=O)OCCCCCCl)c1. The fourth-order valence-electron chi connectivity index (χ4n) is 2.46. The second kappa shape index (κ2) is 7.65. The molecular formula is C16H22ClNO2. The van der Waals surface area contributed by atoms with Gasteiger partial charge in [-0.25, -0.2) is 4.79 Å². The summed E-state index contributed by atoms with van der Waals surface area (Å²) in [5.74, 6) is 0.814. The van der Waals surface area contributed by atoms with Crippen LogP contribution in [0.1, 0.15) is 53.9 Å². The number of halogens is 1. The Morgan fingerprint density at radius 1 is 1.30 bits per heavy atom. The van der Waals surface area contributed by atoms with E-state index >= 15 is 0 Å². The molecule has 1 aliphatic rings.